The van der Waals surface area contributed by atoms with E-state index in [4.69, 9.17) is 14.6 Å². The van der Waals surface area contributed by atoms with Gasteiger partial charge in [-0.2, -0.15) is 0 Å². The lowest BCUT2D eigenvalue weighted by atomic mass is 10.2. The topological polar surface area (TPSA) is 60.7 Å². The molecule has 0 radical (unpaired) electrons. The lowest BCUT2D eigenvalue weighted by Gasteiger charge is -2.14. The number of benzene rings is 1. The first-order chi connectivity index (χ1) is 9.67. The van der Waals surface area contributed by atoms with Crippen molar-refractivity contribution in [1.29, 1.82) is 0 Å². The van der Waals surface area contributed by atoms with Gasteiger partial charge in [-0.15, -0.1) is 0 Å². The van der Waals surface area contributed by atoms with Crippen molar-refractivity contribution in [1.82, 2.24) is 4.57 Å². The summed E-state index contributed by atoms with van der Waals surface area (Å²) < 4.78 is 12.3. The summed E-state index contributed by atoms with van der Waals surface area (Å²) in [5, 5.41) is 9.73. The minimum Gasteiger partial charge on any atom is -0.491 e. The molecule has 5 heteroatoms. The van der Waals surface area contributed by atoms with Crippen LogP contribution in [0.1, 0.15) is 19.9 Å². The molecule has 0 aliphatic heterocycles. The minimum absolute atomic E-state index is 0.0149. The average molecular weight is 277 g/mol. The van der Waals surface area contributed by atoms with Gasteiger partial charge in [-0.25, -0.2) is 4.79 Å². The summed E-state index contributed by atoms with van der Waals surface area (Å²) in [5.74, 6) is 0.457. The molecule has 2 rings (SSSR count). The highest BCUT2D eigenvalue weighted by atomic mass is 16.5. The highest BCUT2D eigenvalue weighted by Crippen LogP contribution is 2.25. The van der Waals surface area contributed by atoms with E-state index in [0.29, 0.717) is 12.4 Å². The SMILES string of the molecule is CCOC(=O)C(C)n1ccc2cc(OCCO)ccc21. The first-order valence-electron chi connectivity index (χ1n) is 6.68. The van der Waals surface area contributed by atoms with Gasteiger partial charge in [0.25, 0.3) is 0 Å². The van der Waals surface area contributed by atoms with Crippen LogP contribution in [0.4, 0.5) is 0 Å². The number of hydrogen-bond acceptors (Lipinski definition) is 4. The zero-order chi connectivity index (χ0) is 14.5. The van der Waals surface area contributed by atoms with Crippen LogP contribution in [-0.4, -0.2) is 35.5 Å². The van der Waals surface area contributed by atoms with Gasteiger partial charge in [0.15, 0.2) is 0 Å². The van der Waals surface area contributed by atoms with Gasteiger partial charge in [0.05, 0.1) is 13.2 Å². The fourth-order valence-electron chi connectivity index (χ4n) is 2.11. The van der Waals surface area contributed by atoms with Crippen LogP contribution in [0.5, 0.6) is 5.75 Å². The summed E-state index contributed by atoms with van der Waals surface area (Å²) in [7, 11) is 0. The predicted molar refractivity (Wildman–Crippen MR) is 75.9 cm³/mol. The number of aliphatic hydroxyl groups excluding tert-OH is 1. The summed E-state index contributed by atoms with van der Waals surface area (Å²) in [5.41, 5.74) is 0.946. The average Bonchev–Trinajstić information content (AvgIpc) is 2.87. The zero-order valence-electron chi connectivity index (χ0n) is 11.7. The molecule has 1 N–H and O–H groups in total. The van der Waals surface area contributed by atoms with Gasteiger partial charge in [0.2, 0.25) is 0 Å². The Hall–Kier alpha value is -2.01. The highest BCUT2D eigenvalue weighted by Gasteiger charge is 2.17. The van der Waals surface area contributed by atoms with Gasteiger partial charge in [0.1, 0.15) is 18.4 Å². The Balaban J connectivity index is 2.26. The second-order valence-corrected chi connectivity index (χ2v) is 4.44. The standard InChI is InChI=1S/C15H19NO4/c1-3-19-15(18)11(2)16-7-6-12-10-13(20-9-8-17)4-5-14(12)16/h4-7,10-11,17H,3,8-9H2,1-2H3. The largest absolute Gasteiger partial charge is 0.491 e. The number of hydrogen-bond donors (Lipinski definition) is 1. The molecule has 5 nitrogen and oxygen atoms in total. The summed E-state index contributed by atoms with van der Waals surface area (Å²) in [6.45, 7) is 4.24. The zero-order valence-corrected chi connectivity index (χ0v) is 11.7. The number of fused-ring (bicyclic) bond motifs is 1. The number of carbonyl (C=O) groups excluding carboxylic acids is 1. The quantitative estimate of drug-likeness (QED) is 0.822. The molecule has 0 amide bonds. The molecule has 20 heavy (non-hydrogen) atoms. The van der Waals surface area contributed by atoms with Crippen molar-refractivity contribution in [3.05, 3.63) is 30.5 Å². The fourth-order valence-corrected chi connectivity index (χ4v) is 2.11. The van der Waals surface area contributed by atoms with E-state index in [-0.39, 0.29) is 25.2 Å². The Kier molecular flexibility index (Phi) is 4.63. The van der Waals surface area contributed by atoms with Gasteiger partial charge in [-0.3, -0.25) is 0 Å². The van der Waals surface area contributed by atoms with E-state index < -0.39 is 0 Å². The number of aromatic nitrogens is 1. The molecular formula is C15H19NO4. The maximum Gasteiger partial charge on any atom is 0.328 e. The number of aliphatic hydroxyl groups is 1. The molecule has 0 fully saturated rings. The molecule has 2 aromatic rings. The molecule has 108 valence electrons. The van der Waals surface area contributed by atoms with Crippen molar-refractivity contribution < 1.29 is 19.4 Å². The first kappa shape index (κ1) is 14.4. The number of ether oxygens (including phenoxy) is 2. The minimum atomic E-state index is -0.364. The molecule has 0 saturated heterocycles. The summed E-state index contributed by atoms with van der Waals surface area (Å²) in [6, 6.07) is 7.18. The van der Waals surface area contributed by atoms with Gasteiger partial charge < -0.3 is 19.1 Å². The Morgan fingerprint density at radius 3 is 2.90 bits per heavy atom. The van der Waals surface area contributed by atoms with Crippen LogP contribution < -0.4 is 4.74 Å². The van der Waals surface area contributed by atoms with Gasteiger partial charge in [-0.1, -0.05) is 0 Å². The molecule has 0 aliphatic rings. The van der Waals surface area contributed by atoms with E-state index in [1.54, 1.807) is 6.92 Å². The van der Waals surface area contributed by atoms with Crippen molar-refractivity contribution in [3.63, 3.8) is 0 Å². The van der Waals surface area contributed by atoms with Crippen LogP contribution in [-0.2, 0) is 9.53 Å². The maximum atomic E-state index is 11.8. The molecule has 0 aliphatic carbocycles. The molecule has 0 spiro atoms. The van der Waals surface area contributed by atoms with Crippen LogP contribution in [0.15, 0.2) is 30.5 Å². The van der Waals surface area contributed by atoms with Crippen molar-refractivity contribution in [2.24, 2.45) is 0 Å². The monoisotopic (exact) mass is 277 g/mol. The first-order valence-corrected chi connectivity index (χ1v) is 6.68. The van der Waals surface area contributed by atoms with Crippen LogP contribution in [0.3, 0.4) is 0 Å². The van der Waals surface area contributed by atoms with E-state index in [2.05, 4.69) is 0 Å². The Morgan fingerprint density at radius 1 is 1.40 bits per heavy atom. The predicted octanol–water partition coefficient (Wildman–Crippen LogP) is 2.14. The van der Waals surface area contributed by atoms with Crippen molar-refractivity contribution in [3.8, 4) is 5.75 Å². The van der Waals surface area contributed by atoms with Gasteiger partial charge >= 0.3 is 5.97 Å². The van der Waals surface area contributed by atoms with Crippen molar-refractivity contribution in [2.45, 2.75) is 19.9 Å². The molecular weight excluding hydrogens is 258 g/mol. The van der Waals surface area contributed by atoms with Gasteiger partial charge in [0, 0.05) is 17.1 Å². The van der Waals surface area contributed by atoms with E-state index in [1.165, 1.54) is 0 Å². The maximum absolute atomic E-state index is 11.8. The highest BCUT2D eigenvalue weighted by molar-refractivity contribution is 5.84. The van der Waals surface area contributed by atoms with E-state index >= 15 is 0 Å². The number of rotatable bonds is 6. The Bertz CT molecular complexity index is 591. The number of carbonyl (C=O) groups is 1. The molecule has 1 unspecified atom stereocenters. The third-order valence-electron chi connectivity index (χ3n) is 3.10. The summed E-state index contributed by atoms with van der Waals surface area (Å²) in [6.07, 6.45) is 1.86. The van der Waals surface area contributed by atoms with Crippen LogP contribution in [0.2, 0.25) is 0 Å². The molecule has 1 aromatic carbocycles. The lowest BCUT2D eigenvalue weighted by Crippen LogP contribution is -2.18. The van der Waals surface area contributed by atoms with E-state index in [0.717, 1.165) is 10.9 Å². The summed E-state index contributed by atoms with van der Waals surface area (Å²) in [4.78, 5) is 11.8. The van der Waals surface area contributed by atoms with Crippen LogP contribution in [0, 0.1) is 0 Å². The fraction of sp³-hybridized carbons (Fsp3) is 0.400. The van der Waals surface area contributed by atoms with Gasteiger partial charge in [-0.05, 0) is 38.1 Å². The molecule has 1 heterocycles. The van der Waals surface area contributed by atoms with Crippen LogP contribution >= 0.6 is 0 Å². The molecule has 0 bridgehead atoms. The normalized spacial score (nSPS) is 12.3. The third kappa shape index (κ3) is 2.93. The Labute approximate surface area is 117 Å². The van der Waals surface area contributed by atoms with Crippen molar-refractivity contribution in [2.75, 3.05) is 19.8 Å². The third-order valence-corrected chi connectivity index (χ3v) is 3.10. The second kappa shape index (κ2) is 6.43. The Morgan fingerprint density at radius 2 is 2.20 bits per heavy atom. The van der Waals surface area contributed by atoms with E-state index in [9.17, 15) is 4.79 Å². The number of nitrogens with zero attached hydrogens (tertiary/aromatic N) is 1. The lowest BCUT2D eigenvalue weighted by molar-refractivity contribution is -0.146. The smallest absolute Gasteiger partial charge is 0.328 e. The van der Waals surface area contributed by atoms with Crippen molar-refractivity contribution >= 4 is 16.9 Å². The van der Waals surface area contributed by atoms with E-state index in [1.807, 2.05) is 42.0 Å². The molecule has 0 saturated carbocycles. The summed E-state index contributed by atoms with van der Waals surface area (Å²) >= 11 is 0. The second-order valence-electron chi connectivity index (χ2n) is 4.44. The number of esters is 1. The van der Waals surface area contributed by atoms with Crippen LogP contribution in [0.25, 0.3) is 10.9 Å². The molecule has 1 aromatic heterocycles. The molecule has 1 atom stereocenters.